The van der Waals surface area contributed by atoms with Crippen molar-refractivity contribution in [1.29, 1.82) is 0 Å². The molecule has 1 aliphatic carbocycles. The number of rotatable bonds is 7. The van der Waals surface area contributed by atoms with Gasteiger partial charge in [0.2, 0.25) is 0 Å². The minimum Gasteiger partial charge on any atom is -0.473 e. The lowest BCUT2D eigenvalue weighted by atomic mass is 9.79. The Bertz CT molecular complexity index is 1250. The standard InChI is InChI=1S/C28H33FN2O2.C2H2O4/c29-25-10-9-22(28-23(25)14-19-33-28)20-11-16-31(17-12-20)18-13-24(26-8-4-5-15-30-26)27(32)21-6-2-1-3-7-21;3-1(4)2(5)6/h4-5,8-10,14-15,19-21,24H,1-3,6-7,11-13,16-18H2;(H,3,4)(H,5,6). The van der Waals surface area contributed by atoms with Crippen molar-refractivity contribution in [2.45, 2.75) is 63.2 Å². The van der Waals surface area contributed by atoms with E-state index in [1.165, 1.54) is 19.3 Å². The van der Waals surface area contributed by atoms with E-state index in [1.807, 2.05) is 24.3 Å². The molecule has 208 valence electrons. The molecule has 39 heavy (non-hydrogen) atoms. The van der Waals surface area contributed by atoms with Crippen molar-refractivity contribution >= 4 is 28.7 Å². The summed E-state index contributed by atoms with van der Waals surface area (Å²) in [5.74, 6) is -2.99. The van der Waals surface area contributed by atoms with Crippen molar-refractivity contribution in [2.24, 2.45) is 5.92 Å². The van der Waals surface area contributed by atoms with Crippen molar-refractivity contribution < 1.29 is 33.4 Å². The second kappa shape index (κ2) is 13.5. The first-order chi connectivity index (χ1) is 18.8. The lowest BCUT2D eigenvalue weighted by Gasteiger charge is -2.33. The fourth-order valence-corrected chi connectivity index (χ4v) is 5.84. The molecule has 3 heterocycles. The zero-order chi connectivity index (χ0) is 27.8. The van der Waals surface area contributed by atoms with E-state index in [0.29, 0.717) is 22.7 Å². The number of Topliss-reactive ketones (excluding diaryl/α,β-unsaturated/α-hetero) is 1. The molecule has 9 heteroatoms. The molecule has 2 aliphatic rings. The Morgan fingerprint density at radius 2 is 1.69 bits per heavy atom. The Morgan fingerprint density at radius 1 is 0.974 bits per heavy atom. The molecule has 3 aromatic rings. The summed E-state index contributed by atoms with van der Waals surface area (Å²) < 4.78 is 19.7. The maximum atomic E-state index is 14.0. The van der Waals surface area contributed by atoms with Gasteiger partial charge < -0.3 is 19.5 Å². The third kappa shape index (κ3) is 7.29. The Balaban J connectivity index is 0.000000531. The van der Waals surface area contributed by atoms with Crippen molar-refractivity contribution in [3.8, 4) is 0 Å². The maximum Gasteiger partial charge on any atom is 0.414 e. The van der Waals surface area contributed by atoms with Crippen LogP contribution < -0.4 is 0 Å². The predicted molar refractivity (Wildman–Crippen MR) is 143 cm³/mol. The Labute approximate surface area is 226 Å². The average Bonchev–Trinajstić information content (AvgIpc) is 3.46. The van der Waals surface area contributed by atoms with Gasteiger partial charge in [0.05, 0.1) is 23.3 Å². The molecule has 2 N–H and O–H groups in total. The number of benzene rings is 1. The second-order valence-corrected chi connectivity index (χ2v) is 10.4. The van der Waals surface area contributed by atoms with Crippen LogP contribution in [0.15, 0.2) is 53.3 Å². The molecule has 1 saturated heterocycles. The van der Waals surface area contributed by atoms with Crippen LogP contribution in [-0.4, -0.2) is 57.5 Å². The number of nitrogens with zero attached hydrogens (tertiary/aromatic N) is 2. The first kappa shape index (κ1) is 28.4. The molecule has 8 nitrogen and oxygen atoms in total. The number of hydrogen-bond donors (Lipinski definition) is 2. The number of carbonyl (C=O) groups is 3. The average molecular weight is 539 g/mol. The molecular weight excluding hydrogens is 503 g/mol. The molecule has 5 rings (SSSR count). The van der Waals surface area contributed by atoms with Gasteiger partial charge in [-0.25, -0.2) is 14.0 Å². The van der Waals surface area contributed by atoms with Crippen LogP contribution in [-0.2, 0) is 14.4 Å². The molecule has 1 atom stereocenters. The first-order valence-electron chi connectivity index (χ1n) is 13.6. The van der Waals surface area contributed by atoms with Gasteiger partial charge in [0, 0.05) is 12.1 Å². The van der Waals surface area contributed by atoms with Gasteiger partial charge >= 0.3 is 11.9 Å². The summed E-state index contributed by atoms with van der Waals surface area (Å²) in [6.45, 7) is 2.87. The van der Waals surface area contributed by atoms with E-state index < -0.39 is 11.9 Å². The van der Waals surface area contributed by atoms with E-state index >= 15 is 0 Å². The van der Waals surface area contributed by atoms with Crippen LogP contribution in [0, 0.1) is 11.7 Å². The summed E-state index contributed by atoms with van der Waals surface area (Å²) in [5.41, 5.74) is 2.74. The summed E-state index contributed by atoms with van der Waals surface area (Å²) in [7, 11) is 0. The van der Waals surface area contributed by atoms with Crippen LogP contribution in [0.1, 0.15) is 74.5 Å². The fourth-order valence-electron chi connectivity index (χ4n) is 5.84. The van der Waals surface area contributed by atoms with Gasteiger partial charge in [-0.15, -0.1) is 0 Å². The van der Waals surface area contributed by atoms with E-state index in [4.69, 9.17) is 24.2 Å². The third-order valence-corrected chi connectivity index (χ3v) is 7.93. The number of halogens is 1. The van der Waals surface area contributed by atoms with Crippen LogP contribution in [0.2, 0.25) is 0 Å². The number of carboxylic acids is 2. The molecule has 2 aromatic heterocycles. The van der Waals surface area contributed by atoms with Crippen molar-refractivity contribution in [2.75, 3.05) is 19.6 Å². The number of piperidine rings is 1. The van der Waals surface area contributed by atoms with Crippen LogP contribution in [0.5, 0.6) is 0 Å². The summed E-state index contributed by atoms with van der Waals surface area (Å²) >= 11 is 0. The fraction of sp³-hybridized carbons (Fsp3) is 0.467. The predicted octanol–water partition coefficient (Wildman–Crippen LogP) is 5.63. The normalized spacial score (nSPS) is 17.8. The SMILES string of the molecule is O=C(C1CCCCC1)C(CCN1CCC(c2ccc(F)c3ccoc23)CC1)c1ccccn1.O=C(O)C(=O)O. The molecule has 0 radical (unpaired) electrons. The molecule has 1 saturated carbocycles. The van der Waals surface area contributed by atoms with Crippen LogP contribution in [0.4, 0.5) is 4.39 Å². The van der Waals surface area contributed by atoms with E-state index in [2.05, 4.69) is 9.88 Å². The highest BCUT2D eigenvalue weighted by Crippen LogP contribution is 2.36. The summed E-state index contributed by atoms with van der Waals surface area (Å²) in [4.78, 5) is 38.7. The molecule has 0 amide bonds. The Kier molecular flexibility index (Phi) is 9.81. The molecule has 0 bridgehead atoms. The van der Waals surface area contributed by atoms with E-state index in [0.717, 1.165) is 63.0 Å². The number of furan rings is 1. The van der Waals surface area contributed by atoms with Gasteiger partial charge in [-0.3, -0.25) is 9.78 Å². The van der Waals surface area contributed by atoms with E-state index in [-0.39, 0.29) is 17.7 Å². The lowest BCUT2D eigenvalue weighted by Crippen LogP contribution is -2.35. The highest BCUT2D eigenvalue weighted by molar-refractivity contribution is 6.27. The smallest absolute Gasteiger partial charge is 0.414 e. The minimum atomic E-state index is -1.82. The lowest BCUT2D eigenvalue weighted by molar-refractivity contribution is -0.159. The zero-order valence-corrected chi connectivity index (χ0v) is 21.9. The van der Waals surface area contributed by atoms with Crippen molar-refractivity contribution in [3.63, 3.8) is 0 Å². The first-order valence-corrected chi connectivity index (χ1v) is 13.6. The Hall–Kier alpha value is -3.59. The maximum absolute atomic E-state index is 14.0. The summed E-state index contributed by atoms with van der Waals surface area (Å²) in [5, 5.41) is 15.4. The number of aliphatic carboxylic acids is 2. The van der Waals surface area contributed by atoms with Gasteiger partial charge in [0.25, 0.3) is 0 Å². The molecule has 1 aliphatic heterocycles. The zero-order valence-electron chi connectivity index (χ0n) is 21.9. The van der Waals surface area contributed by atoms with Crippen molar-refractivity contribution in [1.82, 2.24) is 9.88 Å². The number of fused-ring (bicyclic) bond motifs is 1. The second-order valence-electron chi connectivity index (χ2n) is 10.4. The monoisotopic (exact) mass is 538 g/mol. The number of aromatic nitrogens is 1. The Morgan fingerprint density at radius 3 is 2.33 bits per heavy atom. The van der Waals surface area contributed by atoms with E-state index in [9.17, 15) is 9.18 Å². The largest absolute Gasteiger partial charge is 0.473 e. The molecule has 0 spiro atoms. The number of pyridine rings is 1. The number of carbonyl (C=O) groups excluding carboxylic acids is 1. The van der Waals surface area contributed by atoms with Gasteiger partial charge in [-0.1, -0.05) is 31.4 Å². The highest BCUT2D eigenvalue weighted by atomic mass is 19.1. The van der Waals surface area contributed by atoms with Gasteiger partial charge in [-0.05, 0) is 87.5 Å². The van der Waals surface area contributed by atoms with Gasteiger partial charge in [-0.2, -0.15) is 0 Å². The molecule has 1 unspecified atom stereocenters. The topological polar surface area (TPSA) is 121 Å². The molecule has 2 fully saturated rings. The molecule has 1 aromatic carbocycles. The van der Waals surface area contributed by atoms with Crippen molar-refractivity contribution in [3.05, 3.63) is 65.9 Å². The van der Waals surface area contributed by atoms with Crippen LogP contribution in [0.25, 0.3) is 11.0 Å². The van der Waals surface area contributed by atoms with Gasteiger partial charge in [0.1, 0.15) is 17.2 Å². The highest BCUT2D eigenvalue weighted by Gasteiger charge is 2.31. The van der Waals surface area contributed by atoms with Crippen LogP contribution in [0.3, 0.4) is 0 Å². The van der Waals surface area contributed by atoms with Crippen LogP contribution >= 0.6 is 0 Å². The summed E-state index contributed by atoms with van der Waals surface area (Å²) in [6, 6.07) is 11.1. The number of ketones is 1. The van der Waals surface area contributed by atoms with E-state index in [1.54, 1.807) is 24.6 Å². The third-order valence-electron chi connectivity index (χ3n) is 7.93. The summed E-state index contributed by atoms with van der Waals surface area (Å²) in [6.07, 6.45) is 11.9. The quantitative estimate of drug-likeness (QED) is 0.372. The van der Waals surface area contributed by atoms with Gasteiger partial charge in [0.15, 0.2) is 0 Å². The minimum absolute atomic E-state index is 0.105. The molecular formula is C30H35FN2O6. The number of carboxylic acid groups (broad SMARTS) is 2. The number of hydrogen-bond acceptors (Lipinski definition) is 6. The number of likely N-dealkylation sites (tertiary alicyclic amines) is 1.